The molecule has 1 aromatic heterocycles. The summed E-state index contributed by atoms with van der Waals surface area (Å²) < 4.78 is 16.4. The molecule has 0 fully saturated rings. The molecule has 4 rings (SSSR count). The number of carbonyl (C=O) groups excluding carboxylic acids is 1. The van der Waals surface area contributed by atoms with Gasteiger partial charge in [0.25, 0.3) is 5.91 Å². The van der Waals surface area contributed by atoms with Gasteiger partial charge in [-0.05, 0) is 25.0 Å². The molecule has 0 aliphatic carbocycles. The van der Waals surface area contributed by atoms with Crippen molar-refractivity contribution in [1.82, 2.24) is 0 Å². The molecule has 1 unspecified atom stereocenters. The fraction of sp³-hybridized carbons (Fsp3) is 0.312. The average molecular weight is 285 g/mol. The lowest BCUT2D eigenvalue weighted by molar-refractivity contribution is 0.0674. The van der Waals surface area contributed by atoms with Crippen LogP contribution in [-0.4, -0.2) is 18.7 Å². The van der Waals surface area contributed by atoms with Crippen LogP contribution in [0.4, 0.5) is 5.69 Å². The third-order valence-electron chi connectivity index (χ3n) is 4.02. The van der Waals surface area contributed by atoms with Gasteiger partial charge in [-0.2, -0.15) is 0 Å². The van der Waals surface area contributed by atoms with Gasteiger partial charge in [-0.25, -0.2) is 0 Å². The maximum atomic E-state index is 12.8. The number of rotatable bonds is 1. The second-order valence-electron chi connectivity index (χ2n) is 5.35. The van der Waals surface area contributed by atoms with Crippen LogP contribution in [0.5, 0.6) is 11.5 Å². The van der Waals surface area contributed by atoms with E-state index in [9.17, 15) is 4.79 Å². The van der Waals surface area contributed by atoms with E-state index < -0.39 is 0 Å². The summed E-state index contributed by atoms with van der Waals surface area (Å²) in [6.45, 7) is 4.40. The molecular weight excluding hydrogens is 270 g/mol. The predicted molar refractivity (Wildman–Crippen MR) is 76.0 cm³/mol. The minimum absolute atomic E-state index is 0.0129. The Morgan fingerprint density at radius 3 is 2.95 bits per heavy atom. The Balaban J connectivity index is 1.82. The molecule has 0 spiro atoms. The summed E-state index contributed by atoms with van der Waals surface area (Å²) in [5, 5.41) is 0. The maximum Gasteiger partial charge on any atom is 0.259 e. The third-order valence-corrected chi connectivity index (χ3v) is 4.02. The van der Waals surface area contributed by atoms with Crippen LogP contribution in [-0.2, 0) is 6.42 Å². The monoisotopic (exact) mass is 285 g/mol. The standard InChI is InChI=1S/C16H15NO4/c1-9-14-11(7-13-15(9)21-10(2)20-13)3-5-17(16(14)18)12-4-6-19-8-12/h4,6-8,10H,3,5H2,1-2H3. The zero-order chi connectivity index (χ0) is 14.6. The molecule has 1 aromatic carbocycles. The Morgan fingerprint density at radius 2 is 2.19 bits per heavy atom. The summed E-state index contributed by atoms with van der Waals surface area (Å²) >= 11 is 0. The maximum absolute atomic E-state index is 12.8. The fourth-order valence-electron chi connectivity index (χ4n) is 3.06. The Labute approximate surface area is 122 Å². The number of carbonyl (C=O) groups is 1. The molecule has 1 atom stereocenters. The molecule has 0 N–H and O–H groups in total. The number of amides is 1. The Morgan fingerprint density at radius 1 is 1.33 bits per heavy atom. The van der Waals surface area contributed by atoms with Gasteiger partial charge in [0.15, 0.2) is 11.5 Å². The van der Waals surface area contributed by atoms with Gasteiger partial charge in [-0.1, -0.05) is 0 Å². The van der Waals surface area contributed by atoms with Crippen LogP contribution in [0.2, 0.25) is 0 Å². The molecule has 2 aromatic rings. The molecule has 5 nitrogen and oxygen atoms in total. The zero-order valence-corrected chi connectivity index (χ0v) is 11.9. The quantitative estimate of drug-likeness (QED) is 0.808. The first-order valence-electron chi connectivity index (χ1n) is 6.99. The summed E-state index contributed by atoms with van der Waals surface area (Å²) in [6, 6.07) is 3.74. The molecule has 21 heavy (non-hydrogen) atoms. The summed E-state index contributed by atoms with van der Waals surface area (Å²) in [5.74, 6) is 1.41. The van der Waals surface area contributed by atoms with Crippen LogP contribution in [0.3, 0.4) is 0 Å². The largest absolute Gasteiger partial charge is 0.470 e. The summed E-state index contributed by atoms with van der Waals surface area (Å²) in [7, 11) is 0. The molecule has 0 saturated heterocycles. The first kappa shape index (κ1) is 12.3. The molecule has 1 amide bonds. The van der Waals surface area contributed by atoms with E-state index in [4.69, 9.17) is 13.9 Å². The van der Waals surface area contributed by atoms with Gasteiger partial charge < -0.3 is 18.8 Å². The van der Waals surface area contributed by atoms with Crippen LogP contribution in [0.1, 0.15) is 28.4 Å². The molecule has 5 heteroatoms. The number of hydrogen-bond acceptors (Lipinski definition) is 4. The molecule has 2 aliphatic rings. The van der Waals surface area contributed by atoms with Crippen molar-refractivity contribution in [3.05, 3.63) is 41.3 Å². The SMILES string of the molecule is Cc1c2c(cc3c1C(=O)N(c1ccoc1)CC3)OC(C)O2. The highest BCUT2D eigenvalue weighted by Gasteiger charge is 2.33. The lowest BCUT2D eigenvalue weighted by atomic mass is 9.93. The Kier molecular flexibility index (Phi) is 2.51. The number of benzene rings is 1. The summed E-state index contributed by atoms with van der Waals surface area (Å²) in [6.07, 6.45) is 3.65. The van der Waals surface area contributed by atoms with Crippen LogP contribution in [0, 0.1) is 6.92 Å². The minimum atomic E-state index is -0.303. The smallest absolute Gasteiger partial charge is 0.259 e. The normalized spacial score (nSPS) is 19.8. The van der Waals surface area contributed by atoms with Crippen molar-refractivity contribution in [3.63, 3.8) is 0 Å². The Bertz CT molecular complexity index is 720. The highest BCUT2D eigenvalue weighted by atomic mass is 16.7. The van der Waals surface area contributed by atoms with Crippen LogP contribution in [0.15, 0.2) is 29.1 Å². The summed E-state index contributed by atoms with van der Waals surface area (Å²) in [5.41, 5.74) is 3.38. The lowest BCUT2D eigenvalue weighted by Gasteiger charge is -2.28. The molecule has 2 aliphatic heterocycles. The van der Waals surface area contributed by atoms with Gasteiger partial charge in [0.2, 0.25) is 6.29 Å². The first-order valence-corrected chi connectivity index (χ1v) is 6.99. The Hall–Kier alpha value is -2.43. The van der Waals surface area contributed by atoms with Crippen LogP contribution < -0.4 is 14.4 Å². The number of anilines is 1. The number of ether oxygens (including phenoxy) is 2. The van der Waals surface area contributed by atoms with Crippen LogP contribution >= 0.6 is 0 Å². The van der Waals surface area contributed by atoms with E-state index in [1.54, 1.807) is 23.5 Å². The zero-order valence-electron chi connectivity index (χ0n) is 11.9. The van der Waals surface area contributed by atoms with Crippen molar-refractivity contribution >= 4 is 11.6 Å². The van der Waals surface area contributed by atoms with Crippen molar-refractivity contribution in [2.24, 2.45) is 0 Å². The van der Waals surface area contributed by atoms with Gasteiger partial charge in [0.05, 0.1) is 17.5 Å². The number of furan rings is 1. The highest BCUT2D eigenvalue weighted by Crippen LogP contribution is 2.42. The van der Waals surface area contributed by atoms with Crippen LogP contribution in [0.25, 0.3) is 0 Å². The van der Waals surface area contributed by atoms with E-state index >= 15 is 0 Å². The minimum Gasteiger partial charge on any atom is -0.470 e. The van der Waals surface area contributed by atoms with E-state index in [2.05, 4.69) is 0 Å². The molecule has 108 valence electrons. The van der Waals surface area contributed by atoms with Gasteiger partial charge in [0.1, 0.15) is 6.26 Å². The van der Waals surface area contributed by atoms with Crippen molar-refractivity contribution in [3.8, 4) is 11.5 Å². The van der Waals surface area contributed by atoms with Gasteiger partial charge in [-0.15, -0.1) is 0 Å². The first-order chi connectivity index (χ1) is 10.1. The number of fused-ring (bicyclic) bond motifs is 2. The number of nitrogens with zero attached hydrogens (tertiary/aromatic N) is 1. The highest BCUT2D eigenvalue weighted by molar-refractivity contribution is 6.09. The average Bonchev–Trinajstić information content (AvgIpc) is 3.08. The molecule has 0 saturated carbocycles. The van der Waals surface area contributed by atoms with Crippen molar-refractivity contribution < 1.29 is 18.7 Å². The van der Waals surface area contributed by atoms with E-state index in [1.165, 1.54) is 0 Å². The predicted octanol–water partition coefficient (Wildman–Crippen LogP) is 2.91. The fourth-order valence-corrected chi connectivity index (χ4v) is 3.06. The second kappa shape index (κ2) is 4.28. The van der Waals surface area contributed by atoms with E-state index in [0.29, 0.717) is 12.3 Å². The van der Waals surface area contributed by atoms with E-state index in [0.717, 1.165) is 34.5 Å². The lowest BCUT2D eigenvalue weighted by Crippen LogP contribution is -2.38. The molecule has 0 radical (unpaired) electrons. The second-order valence-corrected chi connectivity index (χ2v) is 5.35. The molecule has 3 heterocycles. The van der Waals surface area contributed by atoms with Crippen molar-refractivity contribution in [1.29, 1.82) is 0 Å². The molecule has 0 bridgehead atoms. The topological polar surface area (TPSA) is 51.9 Å². The van der Waals surface area contributed by atoms with Gasteiger partial charge in [0, 0.05) is 25.1 Å². The van der Waals surface area contributed by atoms with Gasteiger partial charge in [-0.3, -0.25) is 4.79 Å². The van der Waals surface area contributed by atoms with Crippen molar-refractivity contribution in [2.45, 2.75) is 26.6 Å². The van der Waals surface area contributed by atoms with E-state index in [1.807, 2.05) is 19.9 Å². The molecular formula is C16H15NO4. The number of hydrogen-bond donors (Lipinski definition) is 0. The van der Waals surface area contributed by atoms with Crippen molar-refractivity contribution in [2.75, 3.05) is 11.4 Å². The third kappa shape index (κ3) is 1.73. The summed E-state index contributed by atoms with van der Waals surface area (Å²) in [4.78, 5) is 14.5. The van der Waals surface area contributed by atoms with E-state index in [-0.39, 0.29) is 12.2 Å². The van der Waals surface area contributed by atoms with Gasteiger partial charge >= 0.3 is 0 Å².